The number of hydrogen-bond acceptors (Lipinski definition) is 4. The topological polar surface area (TPSA) is 87.7 Å². The summed E-state index contributed by atoms with van der Waals surface area (Å²) in [6, 6.07) is 20.5. The van der Waals surface area contributed by atoms with E-state index >= 15 is 0 Å². The van der Waals surface area contributed by atoms with Crippen molar-refractivity contribution >= 4 is 28.3 Å². The number of hydrogen-bond donors (Lipinski definition) is 3. The second-order valence-electron chi connectivity index (χ2n) is 6.51. The highest BCUT2D eigenvalue weighted by Crippen LogP contribution is 2.26. The first-order valence-electron chi connectivity index (χ1n) is 9.57. The van der Waals surface area contributed by atoms with E-state index in [9.17, 15) is 14.7 Å². The van der Waals surface area contributed by atoms with Gasteiger partial charge < -0.3 is 20.5 Å². The van der Waals surface area contributed by atoms with Crippen LogP contribution in [0.2, 0.25) is 0 Å². The summed E-state index contributed by atoms with van der Waals surface area (Å²) in [6.07, 6.45) is -0.453. The molecule has 0 aliphatic heterocycles. The Labute approximate surface area is 169 Å². The lowest BCUT2D eigenvalue weighted by Crippen LogP contribution is -2.36. The van der Waals surface area contributed by atoms with Crippen LogP contribution in [-0.4, -0.2) is 30.1 Å². The monoisotopic (exact) mass is 392 g/mol. The van der Waals surface area contributed by atoms with Crippen LogP contribution in [0.3, 0.4) is 0 Å². The zero-order valence-corrected chi connectivity index (χ0v) is 16.2. The van der Waals surface area contributed by atoms with Crippen molar-refractivity contribution in [1.29, 1.82) is 0 Å². The maximum absolute atomic E-state index is 12.1. The molecular formula is C23H24N2O4. The summed E-state index contributed by atoms with van der Waals surface area (Å²) in [4.78, 5) is 24.2. The zero-order chi connectivity index (χ0) is 20.6. The van der Waals surface area contributed by atoms with Crippen molar-refractivity contribution in [3.8, 4) is 5.75 Å². The van der Waals surface area contributed by atoms with Gasteiger partial charge in [0, 0.05) is 6.54 Å². The Hall–Kier alpha value is -3.38. The van der Waals surface area contributed by atoms with Gasteiger partial charge in [-0.05, 0) is 41.8 Å². The molecule has 0 heterocycles. The Morgan fingerprint density at radius 1 is 0.966 bits per heavy atom. The Balaban J connectivity index is 1.55. The summed E-state index contributed by atoms with van der Waals surface area (Å²) >= 11 is 0. The fourth-order valence-corrected chi connectivity index (χ4v) is 3.13. The first kappa shape index (κ1) is 20.4. The molecular weight excluding hydrogens is 368 g/mol. The van der Waals surface area contributed by atoms with Gasteiger partial charge in [-0.25, -0.2) is 0 Å². The number of para-hydroxylation sites is 2. The van der Waals surface area contributed by atoms with E-state index in [0.717, 1.165) is 16.3 Å². The number of anilines is 1. The van der Waals surface area contributed by atoms with Crippen LogP contribution in [0.4, 0.5) is 5.69 Å². The normalized spacial score (nSPS) is 11.7. The van der Waals surface area contributed by atoms with Crippen molar-refractivity contribution < 1.29 is 19.4 Å². The van der Waals surface area contributed by atoms with Gasteiger partial charge in [-0.3, -0.25) is 9.59 Å². The lowest BCUT2D eigenvalue weighted by atomic mass is 9.99. The summed E-state index contributed by atoms with van der Waals surface area (Å²) in [6.45, 7) is 2.46. The van der Waals surface area contributed by atoms with Gasteiger partial charge in [0.05, 0.1) is 18.4 Å². The van der Waals surface area contributed by atoms with Crippen molar-refractivity contribution in [2.24, 2.45) is 0 Å². The second kappa shape index (κ2) is 9.71. The molecule has 150 valence electrons. The molecule has 0 saturated heterocycles. The van der Waals surface area contributed by atoms with Crippen molar-refractivity contribution in [2.45, 2.75) is 19.4 Å². The first-order chi connectivity index (χ1) is 14.1. The van der Waals surface area contributed by atoms with E-state index in [4.69, 9.17) is 4.74 Å². The van der Waals surface area contributed by atoms with E-state index < -0.39 is 17.9 Å². The smallest absolute Gasteiger partial charge is 0.313 e. The molecule has 3 rings (SSSR count). The van der Waals surface area contributed by atoms with Crippen LogP contribution < -0.4 is 15.4 Å². The third kappa shape index (κ3) is 5.12. The summed E-state index contributed by atoms with van der Waals surface area (Å²) in [5.41, 5.74) is 1.23. The molecule has 0 unspecified atom stereocenters. The van der Waals surface area contributed by atoms with Crippen LogP contribution in [0, 0.1) is 0 Å². The molecule has 0 saturated carbocycles. The Morgan fingerprint density at radius 3 is 2.52 bits per heavy atom. The van der Waals surface area contributed by atoms with Gasteiger partial charge in [0.1, 0.15) is 5.75 Å². The number of amides is 2. The van der Waals surface area contributed by atoms with Crippen molar-refractivity contribution in [2.75, 3.05) is 18.5 Å². The molecule has 0 aliphatic carbocycles. The summed E-state index contributed by atoms with van der Waals surface area (Å²) in [7, 11) is 0. The molecule has 0 bridgehead atoms. The molecule has 0 spiro atoms. The van der Waals surface area contributed by atoms with Gasteiger partial charge in [-0.1, -0.05) is 54.6 Å². The molecule has 6 nitrogen and oxygen atoms in total. The minimum atomic E-state index is -0.781. The van der Waals surface area contributed by atoms with E-state index in [1.54, 1.807) is 24.3 Å². The number of fused-ring (bicyclic) bond motifs is 1. The summed E-state index contributed by atoms with van der Waals surface area (Å²) in [5.74, 6) is -1.04. The van der Waals surface area contributed by atoms with Crippen LogP contribution >= 0.6 is 0 Å². The Morgan fingerprint density at radius 2 is 1.69 bits per heavy atom. The number of nitrogens with one attached hydrogen (secondary N) is 2. The minimum Gasteiger partial charge on any atom is -0.492 e. The molecule has 3 aromatic rings. The quantitative estimate of drug-likeness (QED) is 0.538. The lowest BCUT2D eigenvalue weighted by molar-refractivity contribution is -0.136. The standard InChI is InChI=1S/C23H24N2O4/c1-2-29-21-13-6-5-12-19(21)25-23(28)22(27)24-15-14-20(26)18-11-7-9-16-8-3-4-10-17(16)18/h3-13,20,26H,2,14-15H2,1H3,(H,24,27)(H,25,28)/t20-/m0/s1. The predicted molar refractivity (Wildman–Crippen MR) is 113 cm³/mol. The van der Waals surface area contributed by atoms with E-state index in [0.29, 0.717) is 24.5 Å². The van der Waals surface area contributed by atoms with Crippen LogP contribution in [0.1, 0.15) is 25.0 Å². The van der Waals surface area contributed by atoms with E-state index in [1.165, 1.54) is 0 Å². The van der Waals surface area contributed by atoms with Gasteiger partial charge in [-0.2, -0.15) is 0 Å². The number of ether oxygens (including phenoxy) is 1. The first-order valence-corrected chi connectivity index (χ1v) is 9.57. The summed E-state index contributed by atoms with van der Waals surface area (Å²) in [5, 5.41) is 17.6. The molecule has 29 heavy (non-hydrogen) atoms. The number of carbonyl (C=O) groups excluding carboxylic acids is 2. The molecule has 0 aliphatic rings. The van der Waals surface area contributed by atoms with Gasteiger partial charge in [0.25, 0.3) is 0 Å². The molecule has 2 amide bonds. The number of rotatable bonds is 7. The van der Waals surface area contributed by atoms with Crippen molar-refractivity contribution in [3.05, 3.63) is 72.3 Å². The number of benzene rings is 3. The molecule has 3 aromatic carbocycles. The number of aliphatic hydroxyl groups excluding tert-OH is 1. The highest BCUT2D eigenvalue weighted by molar-refractivity contribution is 6.39. The van der Waals surface area contributed by atoms with Crippen molar-refractivity contribution in [1.82, 2.24) is 5.32 Å². The average molecular weight is 392 g/mol. The SMILES string of the molecule is CCOc1ccccc1NC(=O)C(=O)NCC[C@H](O)c1cccc2ccccc12. The molecule has 0 fully saturated rings. The van der Waals surface area contributed by atoms with Crippen LogP contribution in [-0.2, 0) is 9.59 Å². The number of carbonyl (C=O) groups is 2. The summed E-state index contributed by atoms with van der Waals surface area (Å²) < 4.78 is 5.43. The van der Waals surface area contributed by atoms with Gasteiger partial charge in [0.15, 0.2) is 0 Å². The minimum absolute atomic E-state index is 0.170. The van der Waals surface area contributed by atoms with Crippen molar-refractivity contribution in [3.63, 3.8) is 0 Å². The van der Waals surface area contributed by atoms with Crippen LogP contribution in [0.25, 0.3) is 10.8 Å². The maximum Gasteiger partial charge on any atom is 0.313 e. The Kier molecular flexibility index (Phi) is 6.81. The van der Waals surface area contributed by atoms with E-state index in [2.05, 4.69) is 10.6 Å². The van der Waals surface area contributed by atoms with Gasteiger partial charge in [0.2, 0.25) is 0 Å². The molecule has 0 aromatic heterocycles. The van der Waals surface area contributed by atoms with E-state index in [1.807, 2.05) is 49.4 Å². The predicted octanol–water partition coefficient (Wildman–Crippen LogP) is 3.42. The third-order valence-corrected chi connectivity index (χ3v) is 4.53. The lowest BCUT2D eigenvalue weighted by Gasteiger charge is -2.14. The maximum atomic E-state index is 12.1. The van der Waals surface area contributed by atoms with Gasteiger partial charge >= 0.3 is 11.8 Å². The van der Waals surface area contributed by atoms with E-state index in [-0.39, 0.29) is 6.54 Å². The average Bonchev–Trinajstić information content (AvgIpc) is 2.74. The second-order valence-corrected chi connectivity index (χ2v) is 6.51. The number of aliphatic hydroxyl groups is 1. The highest BCUT2D eigenvalue weighted by atomic mass is 16.5. The molecule has 6 heteroatoms. The Bertz CT molecular complexity index is 998. The highest BCUT2D eigenvalue weighted by Gasteiger charge is 2.17. The fraction of sp³-hybridized carbons (Fsp3) is 0.217. The van der Waals surface area contributed by atoms with Crippen LogP contribution in [0.5, 0.6) is 5.75 Å². The van der Waals surface area contributed by atoms with Crippen LogP contribution in [0.15, 0.2) is 66.7 Å². The molecule has 1 atom stereocenters. The molecule has 3 N–H and O–H groups in total. The zero-order valence-electron chi connectivity index (χ0n) is 16.2. The third-order valence-electron chi connectivity index (χ3n) is 4.53. The largest absolute Gasteiger partial charge is 0.492 e. The molecule has 0 radical (unpaired) electrons. The fourth-order valence-electron chi connectivity index (χ4n) is 3.13. The van der Waals surface area contributed by atoms with Gasteiger partial charge in [-0.15, -0.1) is 0 Å².